The number of rotatable bonds is 4. The number of hydrogen-bond acceptors (Lipinski definition) is 3. The van der Waals surface area contributed by atoms with Crippen LogP contribution in [-0.4, -0.2) is 16.5 Å². The summed E-state index contributed by atoms with van der Waals surface area (Å²) in [4.78, 5) is 8.87. The third kappa shape index (κ3) is 3.22. The molecule has 0 fully saturated rings. The Hall–Kier alpha value is -1.33. The van der Waals surface area contributed by atoms with Crippen LogP contribution in [0.3, 0.4) is 0 Å². The number of hydrogen-bond donors (Lipinski definition) is 1. The number of aromatic nitrogens is 2. The summed E-state index contributed by atoms with van der Waals surface area (Å²) in [5.74, 6) is 0.232. The van der Waals surface area contributed by atoms with Crippen molar-refractivity contribution < 1.29 is 4.39 Å². The first-order valence-corrected chi connectivity index (χ1v) is 7.34. The lowest BCUT2D eigenvalue weighted by Gasteiger charge is -2.15. The van der Waals surface area contributed by atoms with E-state index in [0.717, 1.165) is 22.3 Å². The summed E-state index contributed by atoms with van der Waals surface area (Å²) in [7, 11) is 0. The molecule has 1 N–H and O–H groups in total. The van der Waals surface area contributed by atoms with Gasteiger partial charge in [0.05, 0.1) is 0 Å². The van der Waals surface area contributed by atoms with Gasteiger partial charge >= 0.3 is 0 Å². The highest BCUT2D eigenvalue weighted by Crippen LogP contribution is 2.27. The lowest BCUT2D eigenvalue weighted by Crippen LogP contribution is -2.19. The molecule has 106 valence electrons. The van der Waals surface area contributed by atoms with Crippen molar-refractivity contribution in [2.75, 3.05) is 6.54 Å². The second-order valence-electron chi connectivity index (χ2n) is 4.64. The summed E-state index contributed by atoms with van der Waals surface area (Å²) < 4.78 is 14.1. The van der Waals surface area contributed by atoms with E-state index in [1.165, 1.54) is 12.1 Å². The number of aryl methyl sites for hydroxylation is 1. The maximum Gasteiger partial charge on any atom is 0.160 e. The van der Waals surface area contributed by atoms with E-state index in [9.17, 15) is 4.39 Å². The fourth-order valence-corrected chi connectivity index (χ4v) is 2.54. The van der Waals surface area contributed by atoms with Crippen LogP contribution in [0.25, 0.3) is 11.4 Å². The molecule has 0 saturated carbocycles. The lowest BCUT2D eigenvalue weighted by atomic mass is 10.1. The molecule has 1 heterocycles. The fraction of sp³-hybridized carbons (Fsp3) is 0.333. The Bertz CT molecular complexity index is 616. The normalized spacial score (nSPS) is 12.4. The monoisotopic (exact) mass is 337 g/mol. The van der Waals surface area contributed by atoms with Crippen molar-refractivity contribution in [3.8, 4) is 11.4 Å². The Morgan fingerprint density at radius 2 is 2.15 bits per heavy atom. The molecule has 1 unspecified atom stereocenters. The molecule has 2 aromatic rings. The van der Waals surface area contributed by atoms with Crippen LogP contribution < -0.4 is 5.32 Å². The first kappa shape index (κ1) is 15.1. The summed E-state index contributed by atoms with van der Waals surface area (Å²) >= 11 is 3.41. The van der Waals surface area contributed by atoms with Gasteiger partial charge in [0.2, 0.25) is 0 Å². The van der Waals surface area contributed by atoms with Gasteiger partial charge in [0.1, 0.15) is 5.82 Å². The highest BCUT2D eigenvalue weighted by Gasteiger charge is 2.13. The minimum absolute atomic E-state index is 0.199. The molecule has 0 saturated heterocycles. The van der Waals surface area contributed by atoms with Gasteiger partial charge in [-0.1, -0.05) is 22.9 Å². The Morgan fingerprint density at radius 3 is 2.80 bits per heavy atom. The zero-order valence-corrected chi connectivity index (χ0v) is 13.3. The molecular formula is C15H17BrFN3. The molecule has 0 spiro atoms. The standard InChI is InChI=1S/C15H17BrFN3/c1-4-18-9(2)13-8-19-15(20-10(13)3)12-7-11(17)5-6-14(12)16/h5-9,18H,4H2,1-3H3. The summed E-state index contributed by atoms with van der Waals surface area (Å²) in [5, 5.41) is 3.33. The van der Waals surface area contributed by atoms with Crippen LogP contribution in [0.4, 0.5) is 4.39 Å². The van der Waals surface area contributed by atoms with Crippen LogP contribution in [0.1, 0.15) is 31.1 Å². The average Bonchev–Trinajstić information content (AvgIpc) is 2.41. The molecule has 3 nitrogen and oxygen atoms in total. The molecule has 5 heteroatoms. The maximum absolute atomic E-state index is 13.4. The van der Waals surface area contributed by atoms with Crippen LogP contribution >= 0.6 is 15.9 Å². The van der Waals surface area contributed by atoms with Crippen molar-refractivity contribution in [2.24, 2.45) is 0 Å². The number of nitrogens with one attached hydrogen (secondary N) is 1. The number of halogens is 2. The van der Waals surface area contributed by atoms with Gasteiger partial charge in [0.15, 0.2) is 5.82 Å². The van der Waals surface area contributed by atoms with Crippen molar-refractivity contribution in [1.82, 2.24) is 15.3 Å². The zero-order chi connectivity index (χ0) is 14.7. The van der Waals surface area contributed by atoms with Crippen molar-refractivity contribution in [3.63, 3.8) is 0 Å². The van der Waals surface area contributed by atoms with Crippen molar-refractivity contribution in [2.45, 2.75) is 26.8 Å². The van der Waals surface area contributed by atoms with Gasteiger partial charge in [0.25, 0.3) is 0 Å². The van der Waals surface area contributed by atoms with Gasteiger partial charge in [-0.2, -0.15) is 0 Å². The van der Waals surface area contributed by atoms with E-state index < -0.39 is 0 Å². The van der Waals surface area contributed by atoms with Gasteiger partial charge in [-0.05, 0) is 38.6 Å². The Balaban J connectivity index is 2.40. The maximum atomic E-state index is 13.4. The molecule has 20 heavy (non-hydrogen) atoms. The zero-order valence-electron chi connectivity index (χ0n) is 11.7. The Labute approximate surface area is 126 Å². The summed E-state index contributed by atoms with van der Waals surface area (Å²) in [6, 6.07) is 4.71. The van der Waals surface area contributed by atoms with E-state index in [2.05, 4.69) is 45.1 Å². The van der Waals surface area contributed by atoms with Crippen molar-refractivity contribution >= 4 is 15.9 Å². The van der Waals surface area contributed by atoms with E-state index in [-0.39, 0.29) is 11.9 Å². The van der Waals surface area contributed by atoms with Gasteiger partial charge < -0.3 is 5.32 Å². The predicted molar refractivity (Wildman–Crippen MR) is 82.0 cm³/mol. The van der Waals surface area contributed by atoms with Gasteiger partial charge in [-0.3, -0.25) is 0 Å². The largest absolute Gasteiger partial charge is 0.310 e. The molecule has 0 amide bonds. The minimum atomic E-state index is -0.297. The minimum Gasteiger partial charge on any atom is -0.310 e. The number of nitrogens with zero attached hydrogens (tertiary/aromatic N) is 2. The van der Waals surface area contributed by atoms with Crippen molar-refractivity contribution in [3.05, 3.63) is 45.9 Å². The summed E-state index contributed by atoms with van der Waals surface area (Å²) in [6.07, 6.45) is 1.81. The molecule has 0 radical (unpaired) electrons. The van der Waals surface area contributed by atoms with E-state index in [1.807, 2.05) is 13.1 Å². The smallest absolute Gasteiger partial charge is 0.160 e. The van der Waals surface area contributed by atoms with Crippen LogP contribution in [0.2, 0.25) is 0 Å². The fourth-order valence-electron chi connectivity index (χ4n) is 2.12. The topological polar surface area (TPSA) is 37.8 Å². The molecular weight excluding hydrogens is 321 g/mol. The Kier molecular flexibility index (Phi) is 4.83. The molecule has 0 aliphatic rings. The predicted octanol–water partition coefficient (Wildman–Crippen LogP) is 4.02. The van der Waals surface area contributed by atoms with Gasteiger partial charge in [-0.25, -0.2) is 14.4 Å². The van der Waals surface area contributed by atoms with Crippen LogP contribution in [0, 0.1) is 12.7 Å². The second-order valence-corrected chi connectivity index (χ2v) is 5.49. The third-order valence-electron chi connectivity index (χ3n) is 3.16. The molecule has 2 rings (SSSR count). The summed E-state index contributed by atoms with van der Waals surface area (Å²) in [6.45, 7) is 6.97. The molecule has 0 aliphatic heterocycles. The van der Waals surface area contributed by atoms with Crippen LogP contribution in [-0.2, 0) is 0 Å². The van der Waals surface area contributed by atoms with E-state index in [0.29, 0.717) is 11.4 Å². The quantitative estimate of drug-likeness (QED) is 0.915. The summed E-state index contributed by atoms with van der Waals surface area (Å²) in [5.41, 5.74) is 2.62. The van der Waals surface area contributed by atoms with Crippen molar-refractivity contribution in [1.29, 1.82) is 0 Å². The average molecular weight is 338 g/mol. The van der Waals surface area contributed by atoms with Gasteiger partial charge in [0, 0.05) is 33.5 Å². The first-order valence-electron chi connectivity index (χ1n) is 6.55. The van der Waals surface area contributed by atoms with Crippen LogP contribution in [0.15, 0.2) is 28.9 Å². The lowest BCUT2D eigenvalue weighted by molar-refractivity contribution is 0.590. The van der Waals surface area contributed by atoms with E-state index in [4.69, 9.17) is 0 Å². The van der Waals surface area contributed by atoms with Crippen LogP contribution in [0.5, 0.6) is 0 Å². The Morgan fingerprint density at radius 1 is 1.40 bits per heavy atom. The molecule has 1 atom stereocenters. The molecule has 1 aromatic heterocycles. The third-order valence-corrected chi connectivity index (χ3v) is 3.85. The molecule has 0 bridgehead atoms. The molecule has 0 aliphatic carbocycles. The highest BCUT2D eigenvalue weighted by atomic mass is 79.9. The number of benzene rings is 1. The molecule has 1 aromatic carbocycles. The second kappa shape index (κ2) is 6.41. The van der Waals surface area contributed by atoms with E-state index in [1.54, 1.807) is 6.07 Å². The SMILES string of the molecule is CCNC(C)c1cnc(-c2cc(F)ccc2Br)nc1C. The first-order chi connectivity index (χ1) is 9.52. The van der Waals surface area contributed by atoms with Gasteiger partial charge in [-0.15, -0.1) is 0 Å². The van der Waals surface area contributed by atoms with E-state index >= 15 is 0 Å². The highest BCUT2D eigenvalue weighted by molar-refractivity contribution is 9.10.